The lowest BCUT2D eigenvalue weighted by molar-refractivity contribution is -0.121. The average Bonchev–Trinajstić information content (AvgIpc) is 2.74. The van der Waals surface area contributed by atoms with Crippen LogP contribution in [0.4, 0.5) is 4.79 Å². The van der Waals surface area contributed by atoms with Gasteiger partial charge in [0, 0.05) is 7.05 Å². The van der Waals surface area contributed by atoms with Gasteiger partial charge in [-0.2, -0.15) is 5.26 Å². The van der Waals surface area contributed by atoms with Gasteiger partial charge < -0.3 is 9.47 Å². The van der Waals surface area contributed by atoms with E-state index in [9.17, 15) is 9.59 Å². The minimum atomic E-state index is -0.322. The normalized spacial score (nSPS) is 16.0. The van der Waals surface area contributed by atoms with Crippen molar-refractivity contribution in [2.45, 2.75) is 6.92 Å². The van der Waals surface area contributed by atoms with Crippen LogP contribution in [0.2, 0.25) is 0 Å². The summed E-state index contributed by atoms with van der Waals surface area (Å²) in [4.78, 5) is 24.8. The third kappa shape index (κ3) is 3.40. The summed E-state index contributed by atoms with van der Waals surface area (Å²) in [5, 5.41) is 8.27. The highest BCUT2D eigenvalue weighted by Gasteiger charge is 2.31. The van der Waals surface area contributed by atoms with Crippen molar-refractivity contribution in [3.63, 3.8) is 0 Å². The lowest BCUT2D eigenvalue weighted by atomic mass is 10.2. The smallest absolute Gasteiger partial charge is 0.293 e. The van der Waals surface area contributed by atoms with E-state index in [1.54, 1.807) is 24.3 Å². The van der Waals surface area contributed by atoms with Crippen LogP contribution in [0.25, 0.3) is 6.08 Å². The Labute approximate surface area is 132 Å². The third-order valence-electron chi connectivity index (χ3n) is 2.84. The number of carbonyl (C=O) groups is 2. The molecule has 1 aliphatic heterocycles. The van der Waals surface area contributed by atoms with Gasteiger partial charge in [0.05, 0.1) is 11.5 Å². The first-order chi connectivity index (χ1) is 10.6. The fourth-order valence-corrected chi connectivity index (χ4v) is 2.64. The summed E-state index contributed by atoms with van der Waals surface area (Å²) in [6, 6.07) is 7.01. The van der Waals surface area contributed by atoms with Crippen molar-refractivity contribution >= 4 is 29.0 Å². The van der Waals surface area contributed by atoms with E-state index >= 15 is 0 Å². The zero-order valence-electron chi connectivity index (χ0n) is 12.2. The molecule has 0 atom stereocenters. The molecule has 0 aromatic heterocycles. The minimum Gasteiger partial charge on any atom is -0.490 e. The summed E-state index contributed by atoms with van der Waals surface area (Å²) >= 11 is 0.897. The topological polar surface area (TPSA) is 79.6 Å². The lowest BCUT2D eigenvalue weighted by Crippen LogP contribution is -2.22. The first-order valence-electron chi connectivity index (χ1n) is 6.55. The number of benzene rings is 1. The number of ether oxygens (including phenoxy) is 2. The number of rotatable bonds is 5. The van der Waals surface area contributed by atoms with Gasteiger partial charge in [0.2, 0.25) is 0 Å². The van der Waals surface area contributed by atoms with E-state index in [0.717, 1.165) is 16.7 Å². The second-order valence-corrected chi connectivity index (χ2v) is 5.32. The Balaban J connectivity index is 2.29. The zero-order chi connectivity index (χ0) is 16.1. The lowest BCUT2D eigenvalue weighted by Gasteiger charge is -2.10. The minimum absolute atomic E-state index is 0.0753. The molecule has 1 fully saturated rings. The maximum atomic E-state index is 11.9. The standard InChI is InChI=1S/C15H14N2O4S/c1-3-20-12-8-10(4-5-11(12)21-7-6-16)9-13-14(18)17(2)15(19)22-13/h4-5,8-9H,3,7H2,1-2H3/b13-9-. The summed E-state index contributed by atoms with van der Waals surface area (Å²) < 4.78 is 10.8. The van der Waals surface area contributed by atoms with Crippen LogP contribution in [0.1, 0.15) is 12.5 Å². The fourth-order valence-electron chi connectivity index (χ4n) is 1.81. The molecule has 0 N–H and O–H groups in total. The van der Waals surface area contributed by atoms with Crippen molar-refractivity contribution in [1.29, 1.82) is 5.26 Å². The van der Waals surface area contributed by atoms with E-state index in [1.807, 2.05) is 13.0 Å². The molecular weight excluding hydrogens is 304 g/mol. The molecule has 1 aromatic rings. The predicted molar refractivity (Wildman–Crippen MR) is 82.5 cm³/mol. The molecule has 0 radical (unpaired) electrons. The highest BCUT2D eigenvalue weighted by atomic mass is 32.2. The van der Waals surface area contributed by atoms with E-state index in [-0.39, 0.29) is 17.8 Å². The molecule has 0 saturated carbocycles. The van der Waals surface area contributed by atoms with Crippen molar-refractivity contribution < 1.29 is 19.1 Å². The van der Waals surface area contributed by atoms with Crippen molar-refractivity contribution in [2.75, 3.05) is 20.3 Å². The highest BCUT2D eigenvalue weighted by molar-refractivity contribution is 8.18. The zero-order valence-corrected chi connectivity index (χ0v) is 13.0. The Bertz CT molecular complexity index is 679. The van der Waals surface area contributed by atoms with Crippen molar-refractivity contribution in [1.82, 2.24) is 4.90 Å². The van der Waals surface area contributed by atoms with Crippen LogP contribution in [-0.2, 0) is 4.79 Å². The Morgan fingerprint density at radius 3 is 2.68 bits per heavy atom. The molecule has 7 heteroatoms. The van der Waals surface area contributed by atoms with Gasteiger partial charge >= 0.3 is 0 Å². The first-order valence-corrected chi connectivity index (χ1v) is 7.36. The molecule has 0 aliphatic carbocycles. The van der Waals surface area contributed by atoms with E-state index in [0.29, 0.717) is 28.6 Å². The SMILES string of the molecule is CCOc1cc(/C=C2\SC(=O)N(C)C2=O)ccc1OCC#N. The summed E-state index contributed by atoms with van der Waals surface area (Å²) in [5.74, 6) is 0.629. The van der Waals surface area contributed by atoms with Gasteiger partial charge in [0.25, 0.3) is 11.1 Å². The van der Waals surface area contributed by atoms with Crippen LogP contribution in [0, 0.1) is 11.3 Å². The van der Waals surface area contributed by atoms with Gasteiger partial charge in [-0.15, -0.1) is 0 Å². The number of hydrogen-bond acceptors (Lipinski definition) is 6. The van der Waals surface area contributed by atoms with E-state index in [4.69, 9.17) is 14.7 Å². The number of nitrogens with zero attached hydrogens (tertiary/aromatic N) is 2. The van der Waals surface area contributed by atoms with Crippen LogP contribution < -0.4 is 9.47 Å². The molecule has 0 unspecified atom stereocenters. The van der Waals surface area contributed by atoms with Crippen molar-refractivity contribution in [3.05, 3.63) is 28.7 Å². The highest BCUT2D eigenvalue weighted by Crippen LogP contribution is 2.33. The number of thioether (sulfide) groups is 1. The summed E-state index contributed by atoms with van der Waals surface area (Å²) in [6.07, 6.45) is 1.63. The number of amides is 2. The van der Waals surface area contributed by atoms with Crippen LogP contribution >= 0.6 is 11.8 Å². The Morgan fingerprint density at radius 1 is 1.32 bits per heavy atom. The summed E-state index contributed by atoms with van der Waals surface area (Å²) in [6.45, 7) is 2.20. The molecule has 2 rings (SSSR count). The molecule has 114 valence electrons. The molecule has 2 amide bonds. The van der Waals surface area contributed by atoms with Crippen LogP contribution in [0.3, 0.4) is 0 Å². The van der Waals surface area contributed by atoms with E-state index in [2.05, 4.69) is 0 Å². The van der Waals surface area contributed by atoms with Gasteiger partial charge in [-0.3, -0.25) is 14.5 Å². The van der Waals surface area contributed by atoms with Crippen LogP contribution in [0.15, 0.2) is 23.1 Å². The molecule has 22 heavy (non-hydrogen) atoms. The summed E-state index contributed by atoms with van der Waals surface area (Å²) in [7, 11) is 1.45. The molecule has 6 nitrogen and oxygen atoms in total. The molecule has 0 bridgehead atoms. The average molecular weight is 318 g/mol. The second-order valence-electron chi connectivity index (χ2n) is 4.33. The fraction of sp³-hybridized carbons (Fsp3) is 0.267. The predicted octanol–water partition coefficient (Wildman–Crippen LogP) is 2.65. The molecule has 1 aromatic carbocycles. The maximum Gasteiger partial charge on any atom is 0.293 e. The van der Waals surface area contributed by atoms with Gasteiger partial charge in [-0.1, -0.05) is 6.07 Å². The van der Waals surface area contributed by atoms with Gasteiger partial charge in [-0.25, -0.2) is 0 Å². The van der Waals surface area contributed by atoms with E-state index < -0.39 is 0 Å². The maximum absolute atomic E-state index is 11.9. The van der Waals surface area contributed by atoms with Crippen LogP contribution in [-0.4, -0.2) is 36.3 Å². The van der Waals surface area contributed by atoms with Crippen molar-refractivity contribution in [3.8, 4) is 17.6 Å². The molecule has 1 saturated heterocycles. The largest absolute Gasteiger partial charge is 0.490 e. The third-order valence-corrected chi connectivity index (χ3v) is 3.81. The van der Waals surface area contributed by atoms with Crippen LogP contribution in [0.5, 0.6) is 11.5 Å². The molecule has 1 aliphatic rings. The molecule has 0 spiro atoms. The van der Waals surface area contributed by atoms with Gasteiger partial charge in [0.1, 0.15) is 6.07 Å². The number of likely N-dealkylation sites (N-methyl/N-ethyl adjacent to an activating group) is 1. The van der Waals surface area contributed by atoms with Gasteiger partial charge in [0.15, 0.2) is 18.1 Å². The number of carbonyl (C=O) groups excluding carboxylic acids is 2. The Kier molecular flexibility index (Phi) is 5.07. The van der Waals surface area contributed by atoms with E-state index in [1.165, 1.54) is 7.05 Å². The molecular formula is C15H14N2O4S. The monoisotopic (exact) mass is 318 g/mol. The number of nitriles is 1. The number of hydrogen-bond donors (Lipinski definition) is 0. The first kappa shape index (κ1) is 15.9. The molecule has 1 heterocycles. The summed E-state index contributed by atoms with van der Waals surface area (Å²) in [5.41, 5.74) is 0.715. The number of imide groups is 1. The quantitative estimate of drug-likeness (QED) is 0.777. The second kappa shape index (κ2) is 7.00. The Hall–Kier alpha value is -2.46. The Morgan fingerprint density at radius 2 is 2.09 bits per heavy atom. The van der Waals surface area contributed by atoms with Gasteiger partial charge in [-0.05, 0) is 42.5 Å². The van der Waals surface area contributed by atoms with Crippen molar-refractivity contribution in [2.24, 2.45) is 0 Å².